The Hall–Kier alpha value is -3.59. The Balaban J connectivity index is 1.71. The molecule has 6 nitrogen and oxygen atoms in total. The molecule has 1 aliphatic carbocycles. The normalized spacial score (nSPS) is 14.4. The van der Waals surface area contributed by atoms with E-state index >= 15 is 0 Å². The minimum atomic E-state index is -0.824. The van der Waals surface area contributed by atoms with E-state index < -0.39 is 12.6 Å². The molecule has 1 fully saturated rings. The fourth-order valence-electron chi connectivity index (χ4n) is 3.80. The molecule has 2 aromatic carbocycles. The molecular weight excluding hydrogens is 392 g/mol. The first-order valence-corrected chi connectivity index (χ1v) is 10.4. The van der Waals surface area contributed by atoms with Gasteiger partial charge in [-0.05, 0) is 48.7 Å². The monoisotopic (exact) mass is 418 g/mol. The molecule has 31 heavy (non-hydrogen) atoms. The second-order valence-electron chi connectivity index (χ2n) is 7.41. The highest BCUT2D eigenvalue weighted by molar-refractivity contribution is 6.01. The number of anilines is 1. The fraction of sp³-hybridized carbons (Fsp3) is 0.320. The van der Waals surface area contributed by atoms with Crippen LogP contribution in [0.15, 0.2) is 60.2 Å². The van der Waals surface area contributed by atoms with Gasteiger partial charge in [0.1, 0.15) is 17.4 Å². The van der Waals surface area contributed by atoms with Crippen molar-refractivity contribution in [2.24, 2.45) is 0 Å². The Morgan fingerprint density at radius 3 is 2.52 bits per heavy atom. The first-order valence-electron chi connectivity index (χ1n) is 10.4. The van der Waals surface area contributed by atoms with Gasteiger partial charge < -0.3 is 14.4 Å². The number of benzene rings is 2. The largest absolute Gasteiger partial charge is 0.497 e. The summed E-state index contributed by atoms with van der Waals surface area (Å²) in [5, 5.41) is 9.39. The van der Waals surface area contributed by atoms with Crippen molar-refractivity contribution in [1.29, 1.82) is 5.26 Å². The molecule has 2 aromatic rings. The van der Waals surface area contributed by atoms with Crippen molar-refractivity contribution >= 4 is 23.6 Å². The van der Waals surface area contributed by atoms with Gasteiger partial charge in [-0.2, -0.15) is 5.26 Å². The van der Waals surface area contributed by atoms with E-state index in [1.807, 2.05) is 36.4 Å². The van der Waals surface area contributed by atoms with Crippen LogP contribution >= 0.6 is 0 Å². The van der Waals surface area contributed by atoms with Crippen LogP contribution in [-0.4, -0.2) is 31.6 Å². The Morgan fingerprint density at radius 2 is 1.84 bits per heavy atom. The molecule has 1 amide bonds. The van der Waals surface area contributed by atoms with Crippen LogP contribution in [0.5, 0.6) is 5.75 Å². The van der Waals surface area contributed by atoms with Gasteiger partial charge in [0.25, 0.3) is 5.91 Å². The average molecular weight is 418 g/mol. The van der Waals surface area contributed by atoms with Crippen LogP contribution in [0.2, 0.25) is 0 Å². The van der Waals surface area contributed by atoms with Crippen LogP contribution in [0.3, 0.4) is 0 Å². The lowest BCUT2D eigenvalue weighted by Gasteiger charge is -2.34. The molecule has 160 valence electrons. The number of methoxy groups -OCH3 is 1. The third-order valence-electron chi connectivity index (χ3n) is 5.31. The van der Waals surface area contributed by atoms with E-state index in [1.165, 1.54) is 12.5 Å². The highest BCUT2D eigenvalue weighted by Crippen LogP contribution is 2.27. The predicted octanol–water partition coefficient (Wildman–Crippen LogP) is 4.51. The Labute approximate surface area is 182 Å². The molecule has 3 rings (SSSR count). The standard InChI is InChI=1S/C25H26N2O4/c1-30-23-14-8-9-19(16-23)15-20(17-26)25(29)31-18-24(28)27(21-10-4-2-5-11-21)22-12-6-3-7-13-22/h2,4-5,8-11,14-16,22H,3,6-7,12-13,18H2,1H3/b20-15+. The summed E-state index contributed by atoms with van der Waals surface area (Å²) in [6, 6.07) is 18.4. The second-order valence-corrected chi connectivity index (χ2v) is 7.41. The van der Waals surface area contributed by atoms with Gasteiger partial charge in [-0.3, -0.25) is 4.79 Å². The molecule has 0 bridgehead atoms. The van der Waals surface area contributed by atoms with Gasteiger partial charge in [0.15, 0.2) is 6.61 Å². The van der Waals surface area contributed by atoms with E-state index in [1.54, 1.807) is 36.3 Å². The van der Waals surface area contributed by atoms with E-state index in [0.717, 1.165) is 31.4 Å². The summed E-state index contributed by atoms with van der Waals surface area (Å²) in [6.07, 6.45) is 6.59. The van der Waals surface area contributed by atoms with Crippen LogP contribution < -0.4 is 9.64 Å². The fourth-order valence-corrected chi connectivity index (χ4v) is 3.80. The number of nitrogens with zero attached hydrogens (tertiary/aromatic N) is 2. The molecule has 6 heteroatoms. The van der Waals surface area contributed by atoms with Crippen molar-refractivity contribution in [3.05, 3.63) is 65.7 Å². The topological polar surface area (TPSA) is 79.6 Å². The first-order chi connectivity index (χ1) is 15.1. The molecule has 0 heterocycles. The number of amides is 1. The quantitative estimate of drug-likeness (QED) is 0.375. The number of carbonyl (C=O) groups is 2. The summed E-state index contributed by atoms with van der Waals surface area (Å²) in [6.45, 7) is -0.415. The number of esters is 1. The van der Waals surface area contributed by atoms with E-state index in [4.69, 9.17) is 9.47 Å². The van der Waals surface area contributed by atoms with Gasteiger partial charge in [0, 0.05) is 11.7 Å². The molecule has 1 saturated carbocycles. The number of rotatable bonds is 7. The van der Waals surface area contributed by atoms with E-state index in [0.29, 0.717) is 11.3 Å². The Kier molecular flexibility index (Phi) is 7.83. The summed E-state index contributed by atoms with van der Waals surface area (Å²) in [5.74, 6) is -0.499. The maximum absolute atomic E-state index is 13.0. The lowest BCUT2D eigenvalue weighted by atomic mass is 9.93. The minimum absolute atomic E-state index is 0.0881. The molecule has 0 N–H and O–H groups in total. The second kappa shape index (κ2) is 11.0. The third-order valence-corrected chi connectivity index (χ3v) is 5.31. The van der Waals surface area contributed by atoms with Crippen molar-refractivity contribution < 1.29 is 19.1 Å². The SMILES string of the molecule is COc1cccc(/C=C(\C#N)C(=O)OCC(=O)N(c2ccccc2)C2CCCCC2)c1. The van der Waals surface area contributed by atoms with Crippen LogP contribution in [0.1, 0.15) is 37.7 Å². The smallest absolute Gasteiger partial charge is 0.349 e. The van der Waals surface area contributed by atoms with Gasteiger partial charge in [-0.15, -0.1) is 0 Å². The van der Waals surface area contributed by atoms with E-state index in [-0.39, 0.29) is 17.5 Å². The number of hydrogen-bond acceptors (Lipinski definition) is 5. The van der Waals surface area contributed by atoms with E-state index in [9.17, 15) is 14.9 Å². The van der Waals surface area contributed by atoms with Gasteiger partial charge in [-0.25, -0.2) is 4.79 Å². The molecule has 0 spiro atoms. The maximum atomic E-state index is 13.0. The first kappa shape index (κ1) is 22.1. The minimum Gasteiger partial charge on any atom is -0.497 e. The van der Waals surface area contributed by atoms with Crippen LogP contribution in [0.25, 0.3) is 6.08 Å². The highest BCUT2D eigenvalue weighted by atomic mass is 16.5. The lowest BCUT2D eigenvalue weighted by Crippen LogP contribution is -2.43. The highest BCUT2D eigenvalue weighted by Gasteiger charge is 2.27. The lowest BCUT2D eigenvalue weighted by molar-refractivity contribution is -0.143. The van der Waals surface area contributed by atoms with Crippen molar-refractivity contribution in [1.82, 2.24) is 0 Å². The molecule has 0 saturated heterocycles. The number of para-hydroxylation sites is 1. The predicted molar refractivity (Wildman–Crippen MR) is 118 cm³/mol. The van der Waals surface area contributed by atoms with Gasteiger partial charge in [0.2, 0.25) is 0 Å². The van der Waals surface area contributed by atoms with Crippen LogP contribution in [0.4, 0.5) is 5.69 Å². The molecule has 0 atom stereocenters. The molecule has 1 aliphatic rings. The van der Waals surface area contributed by atoms with Crippen molar-refractivity contribution in [2.45, 2.75) is 38.1 Å². The van der Waals surface area contributed by atoms with Crippen molar-refractivity contribution in [3.8, 4) is 11.8 Å². The molecule has 0 aliphatic heterocycles. The molecule has 0 radical (unpaired) electrons. The van der Waals surface area contributed by atoms with Gasteiger partial charge in [-0.1, -0.05) is 49.6 Å². The summed E-state index contributed by atoms with van der Waals surface area (Å²) < 4.78 is 10.4. The summed E-state index contributed by atoms with van der Waals surface area (Å²) in [5.41, 5.74) is 1.25. The number of nitriles is 1. The zero-order chi connectivity index (χ0) is 22.1. The van der Waals surface area contributed by atoms with Crippen molar-refractivity contribution in [3.63, 3.8) is 0 Å². The number of hydrogen-bond donors (Lipinski definition) is 0. The zero-order valence-electron chi connectivity index (χ0n) is 17.6. The van der Waals surface area contributed by atoms with E-state index in [2.05, 4.69) is 0 Å². The molecular formula is C25H26N2O4. The molecule has 0 aromatic heterocycles. The molecule has 0 unspecified atom stereocenters. The Bertz CT molecular complexity index is 973. The number of carbonyl (C=O) groups excluding carboxylic acids is 2. The third kappa shape index (κ3) is 5.95. The summed E-state index contributed by atoms with van der Waals surface area (Å²) >= 11 is 0. The van der Waals surface area contributed by atoms with Crippen molar-refractivity contribution in [2.75, 3.05) is 18.6 Å². The Morgan fingerprint density at radius 1 is 1.10 bits per heavy atom. The zero-order valence-corrected chi connectivity index (χ0v) is 17.6. The average Bonchev–Trinajstić information content (AvgIpc) is 2.82. The van der Waals surface area contributed by atoms with Crippen LogP contribution in [-0.2, 0) is 14.3 Å². The van der Waals surface area contributed by atoms with Gasteiger partial charge >= 0.3 is 5.97 Å². The maximum Gasteiger partial charge on any atom is 0.349 e. The number of ether oxygens (including phenoxy) is 2. The summed E-state index contributed by atoms with van der Waals surface area (Å²) in [7, 11) is 1.54. The van der Waals surface area contributed by atoms with Crippen LogP contribution in [0, 0.1) is 11.3 Å². The summed E-state index contributed by atoms with van der Waals surface area (Å²) in [4.78, 5) is 27.2. The van der Waals surface area contributed by atoms with Gasteiger partial charge in [0.05, 0.1) is 7.11 Å².